The normalized spacial score (nSPS) is 18.1. The van der Waals surface area contributed by atoms with E-state index in [-0.39, 0.29) is 5.92 Å². The fraction of sp³-hybridized carbons (Fsp3) is 0.467. The zero-order valence-corrected chi connectivity index (χ0v) is 12.6. The molecule has 3 rings (SSSR count). The molecule has 1 aliphatic rings. The number of halogens is 1. The number of hydrogen-bond acceptors (Lipinski definition) is 5. The van der Waals surface area contributed by atoms with Crippen LogP contribution in [-0.4, -0.2) is 30.0 Å². The highest BCUT2D eigenvalue weighted by atomic mass is 35.5. The molecule has 0 amide bonds. The summed E-state index contributed by atoms with van der Waals surface area (Å²) in [6.45, 7) is 4.10. The van der Waals surface area contributed by atoms with Gasteiger partial charge in [-0.15, -0.1) is 0 Å². The van der Waals surface area contributed by atoms with Crippen LogP contribution in [0.5, 0.6) is 5.75 Å². The number of hydrogen-bond donors (Lipinski definition) is 0. The largest absolute Gasteiger partial charge is 0.492 e. The average Bonchev–Trinajstić information content (AvgIpc) is 3.16. The second kappa shape index (κ2) is 6.45. The number of rotatable bonds is 5. The zero-order chi connectivity index (χ0) is 14.7. The van der Waals surface area contributed by atoms with Crippen molar-refractivity contribution in [2.45, 2.75) is 25.7 Å². The summed E-state index contributed by atoms with van der Waals surface area (Å²) >= 11 is 6.21. The van der Waals surface area contributed by atoms with E-state index in [1.165, 1.54) is 0 Å². The molecule has 0 bridgehead atoms. The summed E-state index contributed by atoms with van der Waals surface area (Å²) in [4.78, 5) is 4.44. The van der Waals surface area contributed by atoms with Crippen LogP contribution in [0.3, 0.4) is 0 Å². The molecule has 1 aliphatic heterocycles. The Kier molecular flexibility index (Phi) is 4.41. The first-order valence-corrected chi connectivity index (χ1v) is 7.49. The van der Waals surface area contributed by atoms with Crippen LogP contribution < -0.4 is 4.74 Å². The number of aromatic nitrogens is 2. The van der Waals surface area contributed by atoms with Crippen LogP contribution in [0, 0.1) is 0 Å². The highest BCUT2D eigenvalue weighted by molar-refractivity contribution is 6.32. The van der Waals surface area contributed by atoms with E-state index >= 15 is 0 Å². The van der Waals surface area contributed by atoms with Crippen LogP contribution in [0.4, 0.5) is 0 Å². The van der Waals surface area contributed by atoms with Crippen molar-refractivity contribution in [3.8, 4) is 17.2 Å². The average molecular weight is 309 g/mol. The van der Waals surface area contributed by atoms with Gasteiger partial charge in [0.05, 0.1) is 18.2 Å². The number of ether oxygens (including phenoxy) is 2. The van der Waals surface area contributed by atoms with Gasteiger partial charge in [-0.1, -0.05) is 23.7 Å². The van der Waals surface area contributed by atoms with E-state index in [9.17, 15) is 0 Å². The minimum absolute atomic E-state index is 0.227. The number of nitrogens with zero attached hydrogens (tertiary/aromatic N) is 2. The van der Waals surface area contributed by atoms with Gasteiger partial charge in [-0.2, -0.15) is 4.98 Å². The molecule has 1 saturated heterocycles. The van der Waals surface area contributed by atoms with Crippen LogP contribution in [0.15, 0.2) is 22.7 Å². The Morgan fingerprint density at radius 3 is 3.05 bits per heavy atom. The molecule has 0 radical (unpaired) electrons. The predicted octanol–water partition coefficient (Wildman–Crippen LogP) is 3.68. The third-order valence-corrected chi connectivity index (χ3v) is 3.67. The van der Waals surface area contributed by atoms with E-state index in [1.54, 1.807) is 6.07 Å². The van der Waals surface area contributed by atoms with Gasteiger partial charge in [0.15, 0.2) is 5.82 Å². The van der Waals surface area contributed by atoms with Gasteiger partial charge in [0.25, 0.3) is 5.89 Å². The van der Waals surface area contributed by atoms with Crippen molar-refractivity contribution in [1.29, 1.82) is 0 Å². The standard InChI is InChI=1S/C15H17ClN2O3/c1-2-6-20-13-4-3-10(8-12(13)16)15-17-14(18-21-15)11-5-7-19-9-11/h3-4,8,11H,2,5-7,9H2,1H3/t11-/m0/s1. The first-order chi connectivity index (χ1) is 10.3. The van der Waals surface area contributed by atoms with Crippen LogP contribution in [0.25, 0.3) is 11.5 Å². The van der Waals surface area contributed by atoms with Crippen molar-refractivity contribution in [3.05, 3.63) is 29.0 Å². The van der Waals surface area contributed by atoms with Crippen molar-refractivity contribution >= 4 is 11.6 Å². The van der Waals surface area contributed by atoms with Crippen molar-refractivity contribution in [2.24, 2.45) is 0 Å². The van der Waals surface area contributed by atoms with E-state index in [4.69, 9.17) is 25.6 Å². The van der Waals surface area contributed by atoms with Gasteiger partial charge >= 0.3 is 0 Å². The van der Waals surface area contributed by atoms with Gasteiger partial charge < -0.3 is 14.0 Å². The summed E-state index contributed by atoms with van der Waals surface area (Å²) in [6, 6.07) is 5.49. The molecule has 6 heteroatoms. The summed E-state index contributed by atoms with van der Waals surface area (Å²) in [7, 11) is 0. The predicted molar refractivity (Wildman–Crippen MR) is 78.7 cm³/mol. The van der Waals surface area contributed by atoms with Crippen molar-refractivity contribution < 1.29 is 14.0 Å². The molecule has 5 nitrogen and oxygen atoms in total. The third-order valence-electron chi connectivity index (χ3n) is 3.38. The first kappa shape index (κ1) is 14.4. The molecule has 1 aromatic heterocycles. The van der Waals surface area contributed by atoms with Gasteiger partial charge in [-0.05, 0) is 31.0 Å². The quantitative estimate of drug-likeness (QED) is 0.843. The topological polar surface area (TPSA) is 57.4 Å². The van der Waals surface area contributed by atoms with Gasteiger partial charge in [0.1, 0.15) is 5.75 Å². The second-order valence-electron chi connectivity index (χ2n) is 5.01. The summed E-state index contributed by atoms with van der Waals surface area (Å²) in [5, 5.41) is 4.58. The Labute approximate surface area is 128 Å². The molecule has 0 saturated carbocycles. The summed E-state index contributed by atoms with van der Waals surface area (Å²) in [5.74, 6) is 2.07. The van der Waals surface area contributed by atoms with Crippen molar-refractivity contribution in [3.63, 3.8) is 0 Å². The molecule has 1 atom stereocenters. The lowest BCUT2D eigenvalue weighted by Crippen LogP contribution is -1.99. The minimum atomic E-state index is 0.227. The molecule has 2 heterocycles. The maximum atomic E-state index is 6.21. The Hall–Kier alpha value is -1.59. The Morgan fingerprint density at radius 2 is 2.33 bits per heavy atom. The molecule has 1 fully saturated rings. The lowest BCUT2D eigenvalue weighted by molar-refractivity contribution is 0.192. The van der Waals surface area contributed by atoms with E-state index in [1.807, 2.05) is 12.1 Å². The van der Waals surface area contributed by atoms with Gasteiger partial charge in [0.2, 0.25) is 0 Å². The molecule has 1 aromatic carbocycles. The maximum Gasteiger partial charge on any atom is 0.257 e. The highest BCUT2D eigenvalue weighted by Crippen LogP contribution is 2.31. The highest BCUT2D eigenvalue weighted by Gasteiger charge is 2.23. The molecule has 0 unspecified atom stereocenters. The van der Waals surface area contributed by atoms with Crippen LogP contribution in [0.1, 0.15) is 31.5 Å². The Morgan fingerprint density at radius 1 is 1.43 bits per heavy atom. The summed E-state index contributed by atoms with van der Waals surface area (Å²) < 4.78 is 16.2. The van der Waals surface area contributed by atoms with Crippen LogP contribution in [0.2, 0.25) is 5.02 Å². The smallest absolute Gasteiger partial charge is 0.257 e. The van der Waals surface area contributed by atoms with E-state index in [0.29, 0.717) is 35.7 Å². The Bertz CT molecular complexity index is 609. The van der Waals surface area contributed by atoms with Gasteiger partial charge in [-0.25, -0.2) is 0 Å². The fourth-order valence-electron chi connectivity index (χ4n) is 2.22. The Balaban J connectivity index is 1.78. The van der Waals surface area contributed by atoms with Gasteiger partial charge in [-0.3, -0.25) is 0 Å². The fourth-order valence-corrected chi connectivity index (χ4v) is 2.45. The molecule has 0 aliphatic carbocycles. The van der Waals surface area contributed by atoms with Crippen LogP contribution >= 0.6 is 11.6 Å². The summed E-state index contributed by atoms with van der Waals surface area (Å²) in [6.07, 6.45) is 1.87. The van der Waals surface area contributed by atoms with E-state index in [2.05, 4.69) is 17.1 Å². The van der Waals surface area contributed by atoms with Crippen LogP contribution in [-0.2, 0) is 4.74 Å². The maximum absolute atomic E-state index is 6.21. The lowest BCUT2D eigenvalue weighted by atomic mass is 10.1. The molecular weight excluding hydrogens is 292 g/mol. The third kappa shape index (κ3) is 3.19. The SMILES string of the molecule is CCCOc1ccc(-c2nc([C@H]3CCOC3)no2)cc1Cl. The molecule has 0 N–H and O–H groups in total. The second-order valence-corrected chi connectivity index (χ2v) is 5.42. The molecule has 112 valence electrons. The monoisotopic (exact) mass is 308 g/mol. The number of benzene rings is 1. The lowest BCUT2D eigenvalue weighted by Gasteiger charge is -2.06. The van der Waals surface area contributed by atoms with Gasteiger partial charge in [0, 0.05) is 18.1 Å². The van der Waals surface area contributed by atoms with Crippen molar-refractivity contribution in [2.75, 3.05) is 19.8 Å². The molecule has 0 spiro atoms. The molecule has 21 heavy (non-hydrogen) atoms. The summed E-state index contributed by atoms with van der Waals surface area (Å²) in [5.41, 5.74) is 0.793. The first-order valence-electron chi connectivity index (χ1n) is 7.12. The zero-order valence-electron chi connectivity index (χ0n) is 11.8. The van der Waals surface area contributed by atoms with Crippen molar-refractivity contribution in [1.82, 2.24) is 10.1 Å². The van der Waals surface area contributed by atoms with E-state index in [0.717, 1.165) is 25.0 Å². The minimum Gasteiger partial charge on any atom is -0.492 e. The molecule has 2 aromatic rings. The molecular formula is C15H17ClN2O3. The van der Waals surface area contributed by atoms with E-state index < -0.39 is 0 Å².